The maximum absolute atomic E-state index is 4.77. The molecule has 0 aliphatic carbocycles. The molecule has 20 heavy (non-hydrogen) atoms. The van der Waals surface area contributed by atoms with E-state index >= 15 is 0 Å². The van der Waals surface area contributed by atoms with Gasteiger partial charge in [-0.05, 0) is 12.1 Å². The number of nitrogens with zero attached hydrogens (tertiary/aromatic N) is 3. The molecule has 0 amide bonds. The van der Waals surface area contributed by atoms with E-state index in [0.717, 1.165) is 33.2 Å². The lowest BCUT2D eigenvalue weighted by Gasteiger charge is -2.05. The van der Waals surface area contributed by atoms with Crippen molar-refractivity contribution in [2.75, 3.05) is 0 Å². The van der Waals surface area contributed by atoms with Crippen molar-refractivity contribution in [3.05, 3.63) is 67.0 Å². The van der Waals surface area contributed by atoms with E-state index in [1.165, 1.54) is 0 Å². The van der Waals surface area contributed by atoms with Gasteiger partial charge in [0.1, 0.15) is 5.52 Å². The molecule has 0 unspecified atom stereocenters. The van der Waals surface area contributed by atoms with E-state index in [9.17, 15) is 0 Å². The molecule has 4 rings (SSSR count). The quantitative estimate of drug-likeness (QED) is 0.486. The lowest BCUT2D eigenvalue weighted by Crippen LogP contribution is -1.89. The largest absolute Gasteiger partial charge is 0.253 e. The molecule has 94 valence electrons. The van der Waals surface area contributed by atoms with Crippen LogP contribution in [0.25, 0.3) is 33.2 Å². The molecule has 0 spiro atoms. The average Bonchev–Trinajstić information content (AvgIpc) is 2.55. The minimum absolute atomic E-state index is 0.850. The molecule has 0 fully saturated rings. The normalized spacial score (nSPS) is 11.0. The van der Waals surface area contributed by atoms with Gasteiger partial charge < -0.3 is 0 Å². The Morgan fingerprint density at radius 3 is 2.35 bits per heavy atom. The van der Waals surface area contributed by atoms with Gasteiger partial charge in [-0.2, -0.15) is 0 Å². The molecular weight excluding hydrogens is 246 g/mol. The van der Waals surface area contributed by atoms with Crippen LogP contribution in [0.15, 0.2) is 67.0 Å². The Balaban J connectivity index is 2.05. The van der Waals surface area contributed by atoms with Crippen LogP contribution >= 0.6 is 0 Å². The van der Waals surface area contributed by atoms with Gasteiger partial charge in [0.25, 0.3) is 0 Å². The van der Waals surface area contributed by atoms with E-state index in [0.29, 0.717) is 0 Å². The number of aromatic nitrogens is 3. The Labute approximate surface area is 116 Å². The van der Waals surface area contributed by atoms with Gasteiger partial charge in [-0.15, -0.1) is 0 Å². The van der Waals surface area contributed by atoms with Crippen LogP contribution in [0.5, 0.6) is 0 Å². The van der Waals surface area contributed by atoms with Crippen molar-refractivity contribution in [1.82, 2.24) is 15.0 Å². The minimum Gasteiger partial charge on any atom is -0.253 e. The molecule has 2 aromatic heterocycles. The highest BCUT2D eigenvalue weighted by atomic mass is 14.8. The zero-order valence-electron chi connectivity index (χ0n) is 10.7. The SMILES string of the molecule is c1ccc(-c2ccc3ccc4nccnc4c3n2)cc1. The van der Waals surface area contributed by atoms with Crippen molar-refractivity contribution < 1.29 is 0 Å². The van der Waals surface area contributed by atoms with Gasteiger partial charge in [-0.3, -0.25) is 9.97 Å². The summed E-state index contributed by atoms with van der Waals surface area (Å²) in [7, 11) is 0. The van der Waals surface area contributed by atoms with E-state index in [1.54, 1.807) is 12.4 Å². The summed E-state index contributed by atoms with van der Waals surface area (Å²) >= 11 is 0. The molecule has 0 bridgehead atoms. The van der Waals surface area contributed by atoms with Gasteiger partial charge in [0.15, 0.2) is 0 Å². The fourth-order valence-corrected chi connectivity index (χ4v) is 2.39. The predicted molar refractivity (Wildman–Crippen MR) is 80.3 cm³/mol. The summed E-state index contributed by atoms with van der Waals surface area (Å²) in [5.41, 5.74) is 4.68. The first-order chi connectivity index (χ1) is 9.92. The molecule has 0 saturated carbocycles. The Morgan fingerprint density at radius 1 is 0.650 bits per heavy atom. The number of benzene rings is 2. The Morgan fingerprint density at radius 2 is 1.45 bits per heavy atom. The molecule has 2 aromatic carbocycles. The van der Waals surface area contributed by atoms with Gasteiger partial charge in [0, 0.05) is 23.3 Å². The van der Waals surface area contributed by atoms with E-state index in [4.69, 9.17) is 4.98 Å². The van der Waals surface area contributed by atoms with Crippen molar-refractivity contribution in [1.29, 1.82) is 0 Å². The van der Waals surface area contributed by atoms with E-state index < -0.39 is 0 Å². The first-order valence-corrected chi connectivity index (χ1v) is 6.48. The maximum Gasteiger partial charge on any atom is 0.115 e. The lowest BCUT2D eigenvalue weighted by atomic mass is 10.1. The van der Waals surface area contributed by atoms with Crippen molar-refractivity contribution in [2.45, 2.75) is 0 Å². The summed E-state index contributed by atoms with van der Waals surface area (Å²) in [5.74, 6) is 0. The number of hydrogen-bond acceptors (Lipinski definition) is 3. The first kappa shape index (κ1) is 11.1. The summed E-state index contributed by atoms with van der Waals surface area (Å²) in [6.07, 6.45) is 3.41. The molecule has 4 aromatic rings. The molecule has 3 heteroatoms. The minimum atomic E-state index is 0.850. The zero-order chi connectivity index (χ0) is 13.4. The van der Waals surface area contributed by atoms with Crippen LogP contribution in [0.1, 0.15) is 0 Å². The molecule has 0 aliphatic heterocycles. The third-order valence-corrected chi connectivity index (χ3v) is 3.37. The highest BCUT2D eigenvalue weighted by Gasteiger charge is 2.06. The topological polar surface area (TPSA) is 38.7 Å². The average molecular weight is 257 g/mol. The van der Waals surface area contributed by atoms with Gasteiger partial charge in [-0.1, -0.05) is 42.5 Å². The molecule has 0 N–H and O–H groups in total. The fourth-order valence-electron chi connectivity index (χ4n) is 2.39. The summed E-state index contributed by atoms with van der Waals surface area (Å²) in [5, 5.41) is 1.08. The monoisotopic (exact) mass is 257 g/mol. The van der Waals surface area contributed by atoms with Crippen LogP contribution < -0.4 is 0 Å². The molecule has 2 heterocycles. The third-order valence-electron chi connectivity index (χ3n) is 3.37. The van der Waals surface area contributed by atoms with Gasteiger partial charge in [0.2, 0.25) is 0 Å². The van der Waals surface area contributed by atoms with Crippen molar-refractivity contribution in [2.24, 2.45) is 0 Å². The molecule has 0 atom stereocenters. The van der Waals surface area contributed by atoms with Gasteiger partial charge in [0.05, 0.1) is 16.7 Å². The smallest absolute Gasteiger partial charge is 0.115 e. The van der Waals surface area contributed by atoms with Crippen molar-refractivity contribution >= 4 is 21.9 Å². The second-order valence-electron chi connectivity index (χ2n) is 4.62. The summed E-state index contributed by atoms with van der Waals surface area (Å²) in [4.78, 5) is 13.5. The Bertz CT molecular complexity index is 901. The highest BCUT2D eigenvalue weighted by molar-refractivity contribution is 6.01. The van der Waals surface area contributed by atoms with Crippen molar-refractivity contribution in [3.8, 4) is 11.3 Å². The Hall–Kier alpha value is -2.81. The van der Waals surface area contributed by atoms with Crippen LogP contribution in [0.4, 0.5) is 0 Å². The second kappa shape index (κ2) is 4.38. The molecule has 0 aliphatic rings. The summed E-state index contributed by atoms with van der Waals surface area (Å²) in [6, 6.07) is 18.3. The van der Waals surface area contributed by atoms with Gasteiger partial charge in [-0.25, -0.2) is 4.98 Å². The zero-order valence-corrected chi connectivity index (χ0v) is 10.7. The lowest BCUT2D eigenvalue weighted by molar-refractivity contribution is 1.29. The van der Waals surface area contributed by atoms with Crippen LogP contribution in [0.2, 0.25) is 0 Å². The molecule has 0 radical (unpaired) electrons. The van der Waals surface area contributed by atoms with Gasteiger partial charge >= 0.3 is 0 Å². The van der Waals surface area contributed by atoms with Crippen LogP contribution in [-0.2, 0) is 0 Å². The molecule has 3 nitrogen and oxygen atoms in total. The summed E-state index contributed by atoms with van der Waals surface area (Å²) in [6.45, 7) is 0. The fraction of sp³-hybridized carbons (Fsp3) is 0. The summed E-state index contributed by atoms with van der Waals surface area (Å²) < 4.78 is 0. The molecular formula is C17H11N3. The first-order valence-electron chi connectivity index (χ1n) is 6.48. The van der Waals surface area contributed by atoms with Crippen LogP contribution in [0.3, 0.4) is 0 Å². The maximum atomic E-state index is 4.77. The van der Waals surface area contributed by atoms with E-state index in [-0.39, 0.29) is 0 Å². The van der Waals surface area contributed by atoms with Crippen molar-refractivity contribution in [3.63, 3.8) is 0 Å². The number of hydrogen-bond donors (Lipinski definition) is 0. The number of fused-ring (bicyclic) bond motifs is 3. The highest BCUT2D eigenvalue weighted by Crippen LogP contribution is 2.24. The number of rotatable bonds is 1. The van der Waals surface area contributed by atoms with Crippen LogP contribution in [-0.4, -0.2) is 15.0 Å². The molecule has 0 saturated heterocycles. The predicted octanol–water partition coefficient (Wildman–Crippen LogP) is 3.85. The van der Waals surface area contributed by atoms with Crippen LogP contribution in [0, 0.1) is 0 Å². The van der Waals surface area contributed by atoms with E-state index in [2.05, 4.69) is 28.2 Å². The van der Waals surface area contributed by atoms with E-state index in [1.807, 2.05) is 36.4 Å². The standard InChI is InChI=1S/C17H11N3/c1-2-4-12(5-3-1)14-8-6-13-7-9-15-17(16(13)20-14)19-11-10-18-15/h1-11H. The second-order valence-corrected chi connectivity index (χ2v) is 4.62. The number of pyridine rings is 1. The third kappa shape index (κ3) is 1.72. The Kier molecular flexibility index (Phi) is 2.42.